The molecule has 0 saturated carbocycles. The van der Waals surface area contributed by atoms with Crippen molar-refractivity contribution in [3.63, 3.8) is 0 Å². The molecular weight excluding hydrogens is 220 g/mol. The van der Waals surface area contributed by atoms with Crippen LogP contribution in [-0.4, -0.2) is 31.1 Å². The van der Waals surface area contributed by atoms with Gasteiger partial charge in [-0.1, -0.05) is 17.7 Å². The molecule has 0 aliphatic carbocycles. The number of halogens is 1. The quantitative estimate of drug-likeness (QED) is 0.852. The summed E-state index contributed by atoms with van der Waals surface area (Å²) < 4.78 is 0. The molecule has 0 spiro atoms. The van der Waals surface area contributed by atoms with E-state index in [9.17, 15) is 0 Å². The lowest BCUT2D eigenvalue weighted by molar-refractivity contribution is 0.185. The van der Waals surface area contributed by atoms with E-state index < -0.39 is 0 Å². The van der Waals surface area contributed by atoms with E-state index in [1.165, 1.54) is 11.1 Å². The van der Waals surface area contributed by atoms with Crippen molar-refractivity contribution in [2.75, 3.05) is 26.2 Å². The standard InChI is InChI=1S/C13H19ClN2/c1-10-9-12(14)3-4-13(10)11(2)16-7-5-15-6-8-16/h3-4,9,11,15H,5-8H2,1-2H3/t11-/m1/s1. The van der Waals surface area contributed by atoms with E-state index in [1.54, 1.807) is 0 Å². The molecule has 0 bridgehead atoms. The molecular formula is C13H19ClN2. The average molecular weight is 239 g/mol. The molecule has 1 aliphatic rings. The lowest BCUT2D eigenvalue weighted by Crippen LogP contribution is -2.44. The van der Waals surface area contributed by atoms with Crippen molar-refractivity contribution in [1.82, 2.24) is 10.2 Å². The van der Waals surface area contributed by atoms with E-state index in [1.807, 2.05) is 6.07 Å². The fraction of sp³-hybridized carbons (Fsp3) is 0.538. The molecule has 1 saturated heterocycles. The molecule has 1 aromatic carbocycles. The van der Waals surface area contributed by atoms with Crippen molar-refractivity contribution < 1.29 is 0 Å². The summed E-state index contributed by atoms with van der Waals surface area (Å²) in [5, 5.41) is 4.21. The highest BCUT2D eigenvalue weighted by Crippen LogP contribution is 2.25. The fourth-order valence-corrected chi connectivity index (χ4v) is 2.60. The summed E-state index contributed by atoms with van der Waals surface area (Å²) in [6.07, 6.45) is 0. The fourth-order valence-electron chi connectivity index (χ4n) is 2.37. The SMILES string of the molecule is Cc1cc(Cl)ccc1[C@@H](C)N1CCNCC1. The molecule has 2 nitrogen and oxygen atoms in total. The van der Waals surface area contributed by atoms with Gasteiger partial charge in [0.05, 0.1) is 0 Å². The molecule has 2 rings (SSSR count). The Morgan fingerprint density at radius 1 is 1.31 bits per heavy atom. The third kappa shape index (κ3) is 2.57. The summed E-state index contributed by atoms with van der Waals surface area (Å²) in [5.41, 5.74) is 2.69. The van der Waals surface area contributed by atoms with Gasteiger partial charge in [-0.05, 0) is 37.1 Å². The van der Waals surface area contributed by atoms with E-state index in [-0.39, 0.29) is 0 Å². The summed E-state index contributed by atoms with van der Waals surface area (Å²) >= 11 is 5.98. The number of piperazine rings is 1. The number of rotatable bonds is 2. The molecule has 1 atom stereocenters. The van der Waals surface area contributed by atoms with Crippen LogP contribution in [0, 0.1) is 6.92 Å². The monoisotopic (exact) mass is 238 g/mol. The normalized spacial score (nSPS) is 19.7. The Labute approximate surface area is 103 Å². The maximum atomic E-state index is 5.98. The Morgan fingerprint density at radius 3 is 2.62 bits per heavy atom. The van der Waals surface area contributed by atoms with Crippen LogP contribution in [0.25, 0.3) is 0 Å². The molecule has 0 unspecified atom stereocenters. The molecule has 1 N–H and O–H groups in total. The van der Waals surface area contributed by atoms with Crippen LogP contribution in [0.1, 0.15) is 24.1 Å². The van der Waals surface area contributed by atoms with E-state index in [2.05, 4.69) is 36.2 Å². The molecule has 3 heteroatoms. The van der Waals surface area contributed by atoms with Gasteiger partial charge >= 0.3 is 0 Å². The van der Waals surface area contributed by atoms with Crippen LogP contribution in [-0.2, 0) is 0 Å². The van der Waals surface area contributed by atoms with Gasteiger partial charge in [-0.15, -0.1) is 0 Å². The van der Waals surface area contributed by atoms with Gasteiger partial charge in [0, 0.05) is 37.2 Å². The number of nitrogens with zero attached hydrogens (tertiary/aromatic N) is 1. The molecule has 0 amide bonds. The van der Waals surface area contributed by atoms with Gasteiger partial charge in [0.1, 0.15) is 0 Å². The molecule has 88 valence electrons. The van der Waals surface area contributed by atoms with Gasteiger partial charge in [-0.3, -0.25) is 4.90 Å². The highest BCUT2D eigenvalue weighted by Gasteiger charge is 2.18. The van der Waals surface area contributed by atoms with Crippen molar-refractivity contribution in [3.05, 3.63) is 34.3 Å². The van der Waals surface area contributed by atoms with Crippen molar-refractivity contribution in [3.8, 4) is 0 Å². The van der Waals surface area contributed by atoms with Gasteiger partial charge in [-0.2, -0.15) is 0 Å². The summed E-state index contributed by atoms with van der Waals surface area (Å²) in [6, 6.07) is 6.68. The van der Waals surface area contributed by atoms with Crippen molar-refractivity contribution >= 4 is 11.6 Å². The molecule has 1 aromatic rings. The Hall–Kier alpha value is -0.570. The largest absolute Gasteiger partial charge is 0.314 e. The summed E-state index contributed by atoms with van der Waals surface area (Å²) in [6.45, 7) is 8.86. The number of aryl methyl sites for hydroxylation is 1. The van der Waals surface area contributed by atoms with Gasteiger partial charge in [0.15, 0.2) is 0 Å². The Bertz CT molecular complexity index is 359. The third-order valence-electron chi connectivity index (χ3n) is 3.38. The molecule has 0 radical (unpaired) electrons. The van der Waals surface area contributed by atoms with E-state index in [0.29, 0.717) is 6.04 Å². The third-order valence-corrected chi connectivity index (χ3v) is 3.62. The van der Waals surface area contributed by atoms with Crippen LogP contribution < -0.4 is 5.32 Å². The summed E-state index contributed by atoms with van der Waals surface area (Å²) in [4.78, 5) is 2.52. The molecule has 16 heavy (non-hydrogen) atoms. The predicted molar refractivity (Wildman–Crippen MR) is 69.0 cm³/mol. The number of nitrogens with one attached hydrogen (secondary N) is 1. The predicted octanol–water partition coefficient (Wildman–Crippen LogP) is 2.61. The van der Waals surface area contributed by atoms with Crippen LogP contribution in [0.4, 0.5) is 0 Å². The van der Waals surface area contributed by atoms with Gasteiger partial charge in [0.25, 0.3) is 0 Å². The van der Waals surface area contributed by atoms with Gasteiger partial charge in [-0.25, -0.2) is 0 Å². The van der Waals surface area contributed by atoms with E-state index >= 15 is 0 Å². The van der Waals surface area contributed by atoms with E-state index in [4.69, 9.17) is 11.6 Å². The first kappa shape index (κ1) is 11.9. The van der Waals surface area contributed by atoms with Crippen LogP contribution in [0.5, 0.6) is 0 Å². The first-order chi connectivity index (χ1) is 7.68. The topological polar surface area (TPSA) is 15.3 Å². The zero-order valence-corrected chi connectivity index (χ0v) is 10.7. The molecule has 1 heterocycles. The summed E-state index contributed by atoms with van der Waals surface area (Å²) in [7, 11) is 0. The first-order valence-electron chi connectivity index (χ1n) is 5.89. The maximum Gasteiger partial charge on any atom is 0.0408 e. The Morgan fingerprint density at radius 2 is 2.00 bits per heavy atom. The highest BCUT2D eigenvalue weighted by atomic mass is 35.5. The maximum absolute atomic E-state index is 5.98. The summed E-state index contributed by atoms with van der Waals surface area (Å²) in [5.74, 6) is 0. The lowest BCUT2D eigenvalue weighted by atomic mass is 10.0. The van der Waals surface area contributed by atoms with Crippen molar-refractivity contribution in [1.29, 1.82) is 0 Å². The van der Waals surface area contributed by atoms with E-state index in [0.717, 1.165) is 31.2 Å². The minimum Gasteiger partial charge on any atom is -0.314 e. The molecule has 1 fully saturated rings. The Kier molecular flexibility index (Phi) is 3.85. The molecule has 0 aromatic heterocycles. The van der Waals surface area contributed by atoms with Crippen LogP contribution in [0.15, 0.2) is 18.2 Å². The van der Waals surface area contributed by atoms with Crippen molar-refractivity contribution in [2.24, 2.45) is 0 Å². The first-order valence-corrected chi connectivity index (χ1v) is 6.27. The minimum absolute atomic E-state index is 0.486. The Balaban J connectivity index is 2.15. The second-order valence-electron chi connectivity index (χ2n) is 4.46. The highest BCUT2D eigenvalue weighted by molar-refractivity contribution is 6.30. The number of hydrogen-bond acceptors (Lipinski definition) is 2. The zero-order chi connectivity index (χ0) is 11.5. The van der Waals surface area contributed by atoms with Gasteiger partial charge in [0.2, 0.25) is 0 Å². The number of benzene rings is 1. The zero-order valence-electron chi connectivity index (χ0n) is 9.96. The smallest absolute Gasteiger partial charge is 0.0408 e. The average Bonchev–Trinajstić information content (AvgIpc) is 2.29. The second kappa shape index (κ2) is 5.17. The van der Waals surface area contributed by atoms with Crippen LogP contribution in [0.3, 0.4) is 0 Å². The van der Waals surface area contributed by atoms with Crippen LogP contribution >= 0.6 is 11.6 Å². The van der Waals surface area contributed by atoms with Gasteiger partial charge < -0.3 is 5.32 Å². The second-order valence-corrected chi connectivity index (χ2v) is 4.90. The van der Waals surface area contributed by atoms with Crippen LogP contribution in [0.2, 0.25) is 5.02 Å². The number of hydrogen-bond donors (Lipinski definition) is 1. The minimum atomic E-state index is 0.486. The molecule has 1 aliphatic heterocycles. The van der Waals surface area contributed by atoms with Crippen molar-refractivity contribution in [2.45, 2.75) is 19.9 Å². The lowest BCUT2D eigenvalue weighted by Gasteiger charge is -2.33.